The van der Waals surface area contributed by atoms with E-state index in [9.17, 15) is 9.59 Å². The van der Waals surface area contributed by atoms with Crippen LogP contribution in [0.15, 0.2) is 0 Å². The molecule has 54 heavy (non-hydrogen) atoms. The van der Waals surface area contributed by atoms with E-state index >= 15 is 0 Å². The largest absolute Gasteiger partial charge is 0.465 e. The van der Waals surface area contributed by atoms with Gasteiger partial charge >= 0.3 is 11.9 Å². The van der Waals surface area contributed by atoms with Crippen LogP contribution in [0.3, 0.4) is 0 Å². The van der Waals surface area contributed by atoms with Crippen molar-refractivity contribution < 1.29 is 19.1 Å². The zero-order chi connectivity index (χ0) is 39.8. The number of carbonyl (C=O) groups excluding carboxylic acids is 2. The van der Waals surface area contributed by atoms with Crippen molar-refractivity contribution >= 4 is 11.9 Å². The van der Waals surface area contributed by atoms with Crippen LogP contribution in [0.4, 0.5) is 0 Å². The lowest BCUT2D eigenvalue weighted by Crippen LogP contribution is -2.20. The summed E-state index contributed by atoms with van der Waals surface area (Å²) in [5.74, 6) is 4.45. The number of ether oxygens (including phenoxy) is 2. The van der Waals surface area contributed by atoms with E-state index in [-0.39, 0.29) is 11.9 Å². The van der Waals surface area contributed by atoms with Crippen LogP contribution in [0, 0.1) is 41.4 Å². The van der Waals surface area contributed by atoms with Crippen LogP contribution in [0.1, 0.15) is 229 Å². The van der Waals surface area contributed by atoms with Gasteiger partial charge in [-0.3, -0.25) is 9.59 Å². The van der Waals surface area contributed by atoms with E-state index in [0.29, 0.717) is 61.6 Å². The summed E-state index contributed by atoms with van der Waals surface area (Å²) in [5.41, 5.74) is 0. The van der Waals surface area contributed by atoms with Gasteiger partial charge in [0.15, 0.2) is 0 Å². The molecule has 0 aromatic heterocycles. The number of unbranched alkanes of at least 4 members (excludes halogenated alkanes) is 13. The fraction of sp³-hybridized carbons (Fsp3) is 0.959. The van der Waals surface area contributed by atoms with E-state index in [2.05, 4.69) is 60.3 Å². The van der Waals surface area contributed by atoms with Crippen molar-refractivity contribution in [1.29, 1.82) is 0 Å². The number of nitrogens with zero attached hydrogens (tertiary/aromatic N) is 1. The third-order valence-corrected chi connectivity index (χ3v) is 12.6. The molecular formula is C49H95NO4. The molecule has 320 valence electrons. The Hall–Kier alpha value is -1.10. The van der Waals surface area contributed by atoms with Gasteiger partial charge in [0.05, 0.1) is 13.2 Å². The number of hydrogen-bond acceptors (Lipinski definition) is 5. The van der Waals surface area contributed by atoms with Crippen molar-refractivity contribution in [2.45, 2.75) is 229 Å². The number of likely N-dealkylation sites (tertiary alicyclic amines) is 1. The topological polar surface area (TPSA) is 55.8 Å². The van der Waals surface area contributed by atoms with Crippen molar-refractivity contribution in [3.05, 3.63) is 0 Å². The molecule has 1 aliphatic heterocycles. The predicted molar refractivity (Wildman–Crippen MR) is 233 cm³/mol. The summed E-state index contributed by atoms with van der Waals surface area (Å²) in [5, 5.41) is 0. The van der Waals surface area contributed by atoms with Gasteiger partial charge in [0, 0.05) is 12.8 Å². The Bertz CT molecular complexity index is 806. The summed E-state index contributed by atoms with van der Waals surface area (Å²) in [6.07, 6.45) is 33.3. The number of carbonyl (C=O) groups is 2. The van der Waals surface area contributed by atoms with Crippen LogP contribution in [0.25, 0.3) is 0 Å². The highest BCUT2D eigenvalue weighted by Crippen LogP contribution is 2.26. The molecule has 0 aliphatic carbocycles. The molecule has 0 spiro atoms. The molecule has 1 rings (SSSR count). The summed E-state index contributed by atoms with van der Waals surface area (Å²) >= 11 is 0. The molecule has 1 saturated heterocycles. The maximum Gasteiger partial charge on any atom is 0.305 e. The minimum absolute atomic E-state index is 0.00796. The quantitative estimate of drug-likeness (QED) is 0.0466. The third-order valence-electron chi connectivity index (χ3n) is 12.6. The summed E-state index contributed by atoms with van der Waals surface area (Å²) in [4.78, 5) is 27.3. The van der Waals surface area contributed by atoms with Crippen molar-refractivity contribution in [1.82, 2.24) is 4.90 Å². The SMILES string of the molecule is CC(C)CCC(COC(=O)CCCCCCCCCC(CCCCCCCCCC(=O)OCC(CCC(C)C)C(C)C)CCCCN1CCCC1)C(C)C. The van der Waals surface area contributed by atoms with Crippen LogP contribution < -0.4 is 0 Å². The molecule has 5 nitrogen and oxygen atoms in total. The van der Waals surface area contributed by atoms with Crippen molar-refractivity contribution in [2.24, 2.45) is 41.4 Å². The van der Waals surface area contributed by atoms with Gasteiger partial charge in [0.25, 0.3) is 0 Å². The summed E-state index contributed by atoms with van der Waals surface area (Å²) in [6.45, 7) is 23.3. The van der Waals surface area contributed by atoms with Crippen LogP contribution in [-0.2, 0) is 19.1 Å². The smallest absolute Gasteiger partial charge is 0.305 e. The normalized spacial score (nSPS) is 15.5. The van der Waals surface area contributed by atoms with Gasteiger partial charge in [-0.2, -0.15) is 0 Å². The minimum Gasteiger partial charge on any atom is -0.465 e. The Morgan fingerprint density at radius 2 is 0.796 bits per heavy atom. The van der Waals surface area contributed by atoms with E-state index in [1.807, 2.05) is 0 Å². The molecule has 2 atom stereocenters. The highest BCUT2D eigenvalue weighted by atomic mass is 16.5. The highest BCUT2D eigenvalue weighted by molar-refractivity contribution is 5.69. The molecule has 1 aliphatic rings. The summed E-state index contributed by atoms with van der Waals surface area (Å²) < 4.78 is 11.4. The Kier molecular flexibility index (Phi) is 32.0. The second kappa shape index (κ2) is 34.0. The van der Waals surface area contributed by atoms with Gasteiger partial charge in [-0.1, -0.05) is 171 Å². The molecular weight excluding hydrogens is 667 g/mol. The Morgan fingerprint density at radius 1 is 0.444 bits per heavy atom. The predicted octanol–water partition coefficient (Wildman–Crippen LogP) is 14.4. The first-order chi connectivity index (χ1) is 26.0. The van der Waals surface area contributed by atoms with Crippen molar-refractivity contribution in [3.63, 3.8) is 0 Å². The molecule has 5 heteroatoms. The molecule has 0 aromatic carbocycles. The van der Waals surface area contributed by atoms with Gasteiger partial charge in [0.1, 0.15) is 0 Å². The van der Waals surface area contributed by atoms with Crippen LogP contribution in [0.2, 0.25) is 0 Å². The van der Waals surface area contributed by atoms with Gasteiger partial charge in [0.2, 0.25) is 0 Å². The highest BCUT2D eigenvalue weighted by Gasteiger charge is 2.18. The van der Waals surface area contributed by atoms with Gasteiger partial charge in [-0.15, -0.1) is 0 Å². The second-order valence-corrected chi connectivity index (χ2v) is 19.3. The fourth-order valence-electron chi connectivity index (χ4n) is 8.24. The van der Waals surface area contributed by atoms with E-state index in [1.54, 1.807) is 0 Å². The van der Waals surface area contributed by atoms with E-state index in [0.717, 1.165) is 44.4 Å². The third kappa shape index (κ3) is 30.1. The molecule has 0 amide bonds. The molecule has 2 unspecified atom stereocenters. The number of rotatable bonds is 37. The molecule has 0 bridgehead atoms. The summed E-state index contributed by atoms with van der Waals surface area (Å²) in [7, 11) is 0. The van der Waals surface area contributed by atoms with Crippen molar-refractivity contribution in [3.8, 4) is 0 Å². The maximum absolute atomic E-state index is 12.3. The Labute approximate surface area is 338 Å². The first kappa shape index (κ1) is 50.9. The van der Waals surface area contributed by atoms with Crippen LogP contribution in [-0.4, -0.2) is 49.7 Å². The Balaban J connectivity index is 2.17. The lowest BCUT2D eigenvalue weighted by Gasteiger charge is -2.21. The molecule has 0 saturated carbocycles. The van der Waals surface area contributed by atoms with E-state index in [4.69, 9.17) is 9.47 Å². The minimum atomic E-state index is 0.00796. The van der Waals surface area contributed by atoms with Gasteiger partial charge in [-0.25, -0.2) is 0 Å². The lowest BCUT2D eigenvalue weighted by molar-refractivity contribution is -0.146. The molecule has 0 aromatic rings. The molecule has 1 heterocycles. The second-order valence-electron chi connectivity index (χ2n) is 19.3. The van der Waals surface area contributed by atoms with Gasteiger partial charge < -0.3 is 14.4 Å². The lowest BCUT2D eigenvalue weighted by atomic mass is 9.89. The van der Waals surface area contributed by atoms with Crippen LogP contribution in [0.5, 0.6) is 0 Å². The average Bonchev–Trinajstić information content (AvgIpc) is 3.64. The standard InChI is InChI=1S/C49H95NO4/c1-41(2)32-34-46(43(5)6)39-53-48(51)30-21-17-13-9-11-15-19-27-45(29-23-24-36-50-37-25-26-38-50)28-20-16-12-10-14-18-22-31-49(52)54-40-47(44(7)8)35-33-42(3)4/h41-47H,9-40H2,1-8H3. The molecule has 1 fully saturated rings. The fourth-order valence-corrected chi connectivity index (χ4v) is 8.24. The molecule has 0 radical (unpaired) electrons. The zero-order valence-corrected chi connectivity index (χ0v) is 37.7. The summed E-state index contributed by atoms with van der Waals surface area (Å²) in [6, 6.07) is 0. The average molecular weight is 762 g/mol. The van der Waals surface area contributed by atoms with Crippen LogP contribution >= 0.6 is 0 Å². The van der Waals surface area contributed by atoms with Gasteiger partial charge in [-0.05, 0) is 106 Å². The first-order valence-electron chi connectivity index (χ1n) is 24.0. The zero-order valence-electron chi connectivity index (χ0n) is 37.7. The van der Waals surface area contributed by atoms with E-state index < -0.39 is 0 Å². The Morgan fingerprint density at radius 3 is 1.17 bits per heavy atom. The monoisotopic (exact) mass is 762 g/mol. The van der Waals surface area contributed by atoms with E-state index in [1.165, 1.54) is 142 Å². The number of esters is 2. The maximum atomic E-state index is 12.3. The van der Waals surface area contributed by atoms with Crippen molar-refractivity contribution in [2.75, 3.05) is 32.8 Å². The number of hydrogen-bond donors (Lipinski definition) is 0. The molecule has 0 N–H and O–H groups in total. The first-order valence-corrected chi connectivity index (χ1v) is 24.0.